The first-order valence-electron chi connectivity index (χ1n) is 7.94. The number of urea groups is 1. The van der Waals surface area contributed by atoms with E-state index in [0.29, 0.717) is 38.1 Å². The van der Waals surface area contributed by atoms with Crippen LogP contribution in [0.3, 0.4) is 0 Å². The first-order chi connectivity index (χ1) is 11.1. The van der Waals surface area contributed by atoms with Gasteiger partial charge in [0.1, 0.15) is 11.3 Å². The molecule has 7 heteroatoms. The van der Waals surface area contributed by atoms with E-state index in [2.05, 4.69) is 10.6 Å². The van der Waals surface area contributed by atoms with Gasteiger partial charge in [-0.1, -0.05) is 0 Å². The minimum absolute atomic E-state index is 0.100. The Balaban J connectivity index is 1.49. The van der Waals surface area contributed by atoms with Gasteiger partial charge in [0.15, 0.2) is 0 Å². The molecule has 0 aliphatic carbocycles. The van der Waals surface area contributed by atoms with Gasteiger partial charge in [0.05, 0.1) is 6.61 Å². The Kier molecular flexibility index (Phi) is 4.38. The van der Waals surface area contributed by atoms with E-state index in [-0.39, 0.29) is 11.9 Å². The van der Waals surface area contributed by atoms with Crippen LogP contribution >= 0.6 is 0 Å². The predicted octanol–water partition coefficient (Wildman–Crippen LogP) is 0.712. The van der Waals surface area contributed by atoms with Crippen LogP contribution in [0.2, 0.25) is 0 Å². The highest BCUT2D eigenvalue weighted by molar-refractivity contribution is 6.07. The van der Waals surface area contributed by atoms with Crippen LogP contribution < -0.4 is 21.1 Å². The van der Waals surface area contributed by atoms with E-state index < -0.39 is 5.54 Å². The minimum atomic E-state index is -0.694. The van der Waals surface area contributed by atoms with Gasteiger partial charge in [-0.25, -0.2) is 4.79 Å². The number of nitrogen functional groups attached to an aromatic ring is 1. The number of piperidine rings is 1. The van der Waals surface area contributed by atoms with Crippen LogP contribution in [0.1, 0.15) is 19.3 Å². The molecule has 2 heterocycles. The van der Waals surface area contributed by atoms with E-state index in [1.54, 1.807) is 24.3 Å². The van der Waals surface area contributed by atoms with Crippen molar-refractivity contribution >= 4 is 17.6 Å². The van der Waals surface area contributed by atoms with Crippen molar-refractivity contribution < 1.29 is 14.3 Å². The summed E-state index contributed by atoms with van der Waals surface area (Å²) in [6.07, 6.45) is 1.89. The fourth-order valence-corrected chi connectivity index (χ4v) is 3.05. The lowest BCUT2D eigenvalue weighted by atomic mass is 9.88. The van der Waals surface area contributed by atoms with Gasteiger partial charge in [0, 0.05) is 12.2 Å². The number of imide groups is 1. The van der Waals surface area contributed by atoms with Gasteiger partial charge >= 0.3 is 6.03 Å². The molecular weight excluding hydrogens is 296 g/mol. The molecule has 0 bridgehead atoms. The number of hydrogen-bond donors (Lipinski definition) is 3. The molecule has 0 aromatic heterocycles. The summed E-state index contributed by atoms with van der Waals surface area (Å²) < 4.78 is 5.59. The van der Waals surface area contributed by atoms with Gasteiger partial charge in [0.2, 0.25) is 0 Å². The summed E-state index contributed by atoms with van der Waals surface area (Å²) in [7, 11) is 0. The third-order valence-corrected chi connectivity index (χ3v) is 4.38. The molecule has 2 saturated heterocycles. The highest BCUT2D eigenvalue weighted by atomic mass is 16.5. The van der Waals surface area contributed by atoms with E-state index in [4.69, 9.17) is 10.5 Å². The molecule has 1 aromatic rings. The van der Waals surface area contributed by atoms with Crippen LogP contribution in [0.5, 0.6) is 5.75 Å². The average molecular weight is 318 g/mol. The molecule has 3 rings (SSSR count). The fraction of sp³-hybridized carbons (Fsp3) is 0.500. The van der Waals surface area contributed by atoms with E-state index >= 15 is 0 Å². The number of nitrogens with one attached hydrogen (secondary N) is 2. The predicted molar refractivity (Wildman–Crippen MR) is 86.0 cm³/mol. The molecule has 0 saturated carbocycles. The Hall–Kier alpha value is -2.28. The third-order valence-electron chi connectivity index (χ3n) is 4.38. The standard InChI is InChI=1S/C16H22N4O3/c17-12-2-4-13(5-3-12)23-11-1-10-20-14(21)16(19-15(20)22)6-8-18-9-7-16/h2-5,18H,1,6-11,17H2,(H,19,22). The van der Waals surface area contributed by atoms with Crippen molar-refractivity contribution in [2.45, 2.75) is 24.8 Å². The van der Waals surface area contributed by atoms with Gasteiger partial charge in [0.25, 0.3) is 5.91 Å². The molecule has 124 valence electrons. The van der Waals surface area contributed by atoms with Crippen molar-refractivity contribution in [1.29, 1.82) is 0 Å². The van der Waals surface area contributed by atoms with E-state index in [0.717, 1.165) is 18.8 Å². The topological polar surface area (TPSA) is 96.7 Å². The number of anilines is 1. The molecule has 1 spiro atoms. The second-order valence-corrected chi connectivity index (χ2v) is 5.99. The molecule has 2 fully saturated rings. The van der Waals surface area contributed by atoms with Gasteiger partial charge in [-0.3, -0.25) is 9.69 Å². The van der Waals surface area contributed by atoms with Crippen molar-refractivity contribution in [1.82, 2.24) is 15.5 Å². The van der Waals surface area contributed by atoms with Crippen molar-refractivity contribution in [3.05, 3.63) is 24.3 Å². The highest BCUT2D eigenvalue weighted by Gasteiger charge is 2.50. The van der Waals surface area contributed by atoms with Gasteiger partial charge < -0.3 is 21.1 Å². The van der Waals surface area contributed by atoms with E-state index in [1.807, 2.05) is 0 Å². The van der Waals surface area contributed by atoms with Gasteiger partial charge in [-0.15, -0.1) is 0 Å². The highest BCUT2D eigenvalue weighted by Crippen LogP contribution is 2.27. The Morgan fingerprint density at radius 2 is 1.87 bits per heavy atom. The number of ether oxygens (including phenoxy) is 1. The number of nitrogens with zero attached hydrogens (tertiary/aromatic N) is 1. The smallest absolute Gasteiger partial charge is 0.325 e. The molecular formula is C16H22N4O3. The molecule has 4 N–H and O–H groups in total. The summed E-state index contributed by atoms with van der Waals surface area (Å²) in [5.74, 6) is 0.628. The van der Waals surface area contributed by atoms with E-state index in [9.17, 15) is 9.59 Å². The number of rotatable bonds is 5. The number of nitrogens with two attached hydrogens (primary N) is 1. The van der Waals surface area contributed by atoms with Crippen molar-refractivity contribution in [3.63, 3.8) is 0 Å². The number of amides is 3. The zero-order valence-corrected chi connectivity index (χ0v) is 13.0. The summed E-state index contributed by atoms with van der Waals surface area (Å²) in [4.78, 5) is 26.0. The maximum atomic E-state index is 12.6. The van der Waals surface area contributed by atoms with Crippen LogP contribution in [-0.2, 0) is 4.79 Å². The van der Waals surface area contributed by atoms with Crippen LogP contribution in [0, 0.1) is 0 Å². The summed E-state index contributed by atoms with van der Waals surface area (Å²) in [6.45, 7) is 2.31. The number of benzene rings is 1. The fourth-order valence-electron chi connectivity index (χ4n) is 3.05. The lowest BCUT2D eigenvalue weighted by Gasteiger charge is -2.31. The molecule has 3 amide bonds. The number of carbonyl (C=O) groups excluding carboxylic acids is 2. The van der Waals surface area contributed by atoms with Gasteiger partial charge in [-0.05, 0) is 56.6 Å². The number of carbonyl (C=O) groups is 2. The zero-order valence-electron chi connectivity index (χ0n) is 13.0. The maximum absolute atomic E-state index is 12.6. The van der Waals surface area contributed by atoms with Crippen molar-refractivity contribution in [2.75, 3.05) is 32.0 Å². The first kappa shape index (κ1) is 15.6. The lowest BCUT2D eigenvalue weighted by molar-refractivity contribution is -0.132. The Morgan fingerprint density at radius 3 is 2.57 bits per heavy atom. The monoisotopic (exact) mass is 318 g/mol. The number of hydrogen-bond acceptors (Lipinski definition) is 5. The SMILES string of the molecule is Nc1ccc(OCCCN2C(=O)NC3(CCNCC3)C2=O)cc1. The van der Waals surface area contributed by atoms with Gasteiger partial charge in [-0.2, -0.15) is 0 Å². The molecule has 0 radical (unpaired) electrons. The largest absolute Gasteiger partial charge is 0.494 e. The van der Waals surface area contributed by atoms with E-state index in [1.165, 1.54) is 4.90 Å². The Morgan fingerprint density at radius 1 is 1.17 bits per heavy atom. The molecule has 1 aromatic carbocycles. The second-order valence-electron chi connectivity index (χ2n) is 5.99. The third kappa shape index (κ3) is 3.24. The maximum Gasteiger partial charge on any atom is 0.325 e. The van der Waals surface area contributed by atoms with Crippen LogP contribution in [-0.4, -0.2) is 48.6 Å². The summed E-state index contributed by atoms with van der Waals surface area (Å²) in [6, 6.07) is 6.85. The molecule has 2 aliphatic heterocycles. The summed E-state index contributed by atoms with van der Waals surface area (Å²) in [5.41, 5.74) is 5.60. The average Bonchev–Trinajstić information content (AvgIpc) is 2.77. The lowest BCUT2D eigenvalue weighted by Crippen LogP contribution is -2.53. The first-order valence-corrected chi connectivity index (χ1v) is 7.94. The molecule has 0 unspecified atom stereocenters. The normalized spacial score (nSPS) is 19.9. The van der Waals surface area contributed by atoms with Crippen molar-refractivity contribution in [2.24, 2.45) is 0 Å². The molecule has 7 nitrogen and oxygen atoms in total. The molecule has 0 atom stereocenters. The van der Waals surface area contributed by atoms with Crippen molar-refractivity contribution in [3.8, 4) is 5.75 Å². The Labute approximate surface area is 135 Å². The van der Waals surface area contributed by atoms with Crippen LogP contribution in [0.25, 0.3) is 0 Å². The quantitative estimate of drug-likeness (QED) is 0.422. The molecule has 23 heavy (non-hydrogen) atoms. The zero-order chi connectivity index (χ0) is 16.3. The Bertz CT molecular complexity index is 581. The minimum Gasteiger partial charge on any atom is -0.494 e. The molecule has 2 aliphatic rings. The van der Waals surface area contributed by atoms with Crippen LogP contribution in [0.4, 0.5) is 10.5 Å². The summed E-state index contributed by atoms with van der Waals surface area (Å²) >= 11 is 0. The summed E-state index contributed by atoms with van der Waals surface area (Å²) in [5, 5.41) is 6.09. The second kappa shape index (κ2) is 6.45. The van der Waals surface area contributed by atoms with Crippen LogP contribution in [0.15, 0.2) is 24.3 Å².